The van der Waals surface area contributed by atoms with E-state index in [4.69, 9.17) is 34.0 Å². The third kappa shape index (κ3) is 14.3. The van der Waals surface area contributed by atoms with Crippen LogP contribution in [0, 0.1) is 0 Å². The Morgan fingerprint density at radius 3 is 1.57 bits per heavy atom. The summed E-state index contributed by atoms with van der Waals surface area (Å²) in [5.41, 5.74) is 6.45. The zero-order valence-corrected chi connectivity index (χ0v) is 16.0. The second kappa shape index (κ2) is 17.3. The van der Waals surface area contributed by atoms with Gasteiger partial charge in [0.15, 0.2) is 0 Å². The smallest absolute Gasteiger partial charge is 0.0624 e. The number of rotatable bonds is 2. The van der Waals surface area contributed by atoms with Crippen LogP contribution < -0.4 is 5.73 Å². The van der Waals surface area contributed by atoms with Crippen LogP contribution in [0.1, 0.15) is 45.7 Å². The molecule has 1 unspecified atom stereocenters. The van der Waals surface area contributed by atoms with Crippen LogP contribution in [0.15, 0.2) is 54.6 Å². The summed E-state index contributed by atoms with van der Waals surface area (Å²) < 4.78 is 0. The Morgan fingerprint density at radius 2 is 1.26 bits per heavy atom. The number of hydrogen-bond donors (Lipinski definition) is 2. The lowest BCUT2D eigenvalue weighted by atomic mass is 10.1. The molecule has 23 heavy (non-hydrogen) atoms. The molecule has 0 bridgehead atoms. The van der Waals surface area contributed by atoms with Crippen molar-refractivity contribution >= 4 is 23.2 Å². The van der Waals surface area contributed by atoms with E-state index in [1.807, 2.05) is 56.3 Å². The summed E-state index contributed by atoms with van der Waals surface area (Å²) in [7, 11) is 0. The highest BCUT2D eigenvalue weighted by atomic mass is 35.5. The van der Waals surface area contributed by atoms with Crippen molar-refractivity contribution in [3.63, 3.8) is 0 Å². The molecule has 2 aromatic rings. The fraction of sp³-hybridized carbons (Fsp3) is 0.368. The van der Waals surface area contributed by atoms with Crippen LogP contribution in [0.3, 0.4) is 0 Å². The van der Waals surface area contributed by atoms with Crippen LogP contribution in [-0.2, 0) is 0 Å². The minimum absolute atomic E-state index is 0.0400. The molecule has 130 valence electrons. The van der Waals surface area contributed by atoms with E-state index >= 15 is 0 Å². The predicted octanol–water partition coefficient (Wildman–Crippen LogP) is 6.11. The number of aliphatic hydroxyl groups is 1. The molecule has 0 amide bonds. The first-order chi connectivity index (χ1) is 11.0. The lowest BCUT2D eigenvalue weighted by Crippen LogP contribution is -2.13. The normalized spacial score (nSPS) is 9.91. The van der Waals surface area contributed by atoms with Crippen LogP contribution >= 0.6 is 23.2 Å². The molecule has 2 aromatic carbocycles. The van der Waals surface area contributed by atoms with Crippen molar-refractivity contribution in [3.8, 4) is 0 Å². The van der Waals surface area contributed by atoms with Gasteiger partial charge in [0, 0.05) is 10.0 Å². The first-order valence-electron chi connectivity index (χ1n) is 7.87. The van der Waals surface area contributed by atoms with E-state index in [1.54, 1.807) is 12.1 Å². The lowest BCUT2D eigenvalue weighted by Gasteiger charge is -2.07. The van der Waals surface area contributed by atoms with E-state index in [0.717, 1.165) is 10.6 Å². The van der Waals surface area contributed by atoms with Crippen molar-refractivity contribution in [1.29, 1.82) is 0 Å². The standard InChI is InChI=1S/C8H10ClNO.C6H5Cl.C3H8.C2H6/c9-7-3-1-6(2-4-7)8(10)5-11;7-6-4-2-1-3-5-6;1-3-2;1-2/h1-4,8,11H,5,10H2;1-5H;3H2,1-2H3;1-2H3. The molecule has 0 fully saturated rings. The summed E-state index contributed by atoms with van der Waals surface area (Å²) in [5, 5.41) is 10.2. The monoisotopic (exact) mass is 357 g/mol. The summed E-state index contributed by atoms with van der Waals surface area (Å²) in [6, 6.07) is 16.3. The van der Waals surface area contributed by atoms with E-state index in [-0.39, 0.29) is 12.6 Å². The molecule has 0 aliphatic rings. The lowest BCUT2D eigenvalue weighted by molar-refractivity contribution is 0.268. The molecular formula is C19H29Cl2NO. The highest BCUT2D eigenvalue weighted by Crippen LogP contribution is 2.13. The molecule has 0 aliphatic heterocycles. The maximum absolute atomic E-state index is 8.70. The van der Waals surface area contributed by atoms with Crippen molar-refractivity contribution in [2.24, 2.45) is 5.73 Å². The Balaban J connectivity index is 0. The van der Waals surface area contributed by atoms with Gasteiger partial charge in [-0.2, -0.15) is 0 Å². The summed E-state index contributed by atoms with van der Waals surface area (Å²) in [5.74, 6) is 0. The Labute approximate surface area is 151 Å². The number of halogens is 2. The molecule has 0 radical (unpaired) electrons. The molecule has 0 heterocycles. The minimum atomic E-state index is -0.299. The van der Waals surface area contributed by atoms with E-state index < -0.39 is 0 Å². The number of hydrogen-bond acceptors (Lipinski definition) is 2. The molecule has 1 atom stereocenters. The maximum atomic E-state index is 8.70. The number of aliphatic hydroxyl groups excluding tert-OH is 1. The van der Waals surface area contributed by atoms with Gasteiger partial charge in [-0.1, -0.05) is 87.6 Å². The second-order valence-corrected chi connectivity index (χ2v) is 5.22. The highest BCUT2D eigenvalue weighted by molar-refractivity contribution is 6.30. The van der Waals surface area contributed by atoms with E-state index in [2.05, 4.69) is 13.8 Å². The van der Waals surface area contributed by atoms with Gasteiger partial charge in [-0.3, -0.25) is 0 Å². The van der Waals surface area contributed by atoms with Crippen LogP contribution in [-0.4, -0.2) is 11.7 Å². The molecule has 2 rings (SSSR count). The van der Waals surface area contributed by atoms with Crippen molar-refractivity contribution < 1.29 is 5.11 Å². The maximum Gasteiger partial charge on any atom is 0.0624 e. The SMILES string of the molecule is CC.CCC.Clc1ccccc1.NC(CO)c1ccc(Cl)cc1. The van der Waals surface area contributed by atoms with Gasteiger partial charge in [-0.15, -0.1) is 0 Å². The van der Waals surface area contributed by atoms with Crippen LogP contribution in [0.2, 0.25) is 10.0 Å². The fourth-order valence-electron chi connectivity index (χ4n) is 1.23. The van der Waals surface area contributed by atoms with Gasteiger partial charge >= 0.3 is 0 Å². The molecule has 0 aliphatic carbocycles. The van der Waals surface area contributed by atoms with Gasteiger partial charge < -0.3 is 10.8 Å². The van der Waals surface area contributed by atoms with Crippen LogP contribution in [0.5, 0.6) is 0 Å². The fourth-order valence-corrected chi connectivity index (χ4v) is 1.50. The molecule has 0 saturated carbocycles. The van der Waals surface area contributed by atoms with Gasteiger partial charge in [0.05, 0.1) is 12.6 Å². The van der Waals surface area contributed by atoms with Crippen molar-refractivity contribution in [3.05, 3.63) is 70.2 Å². The Kier molecular flexibility index (Phi) is 18.2. The van der Waals surface area contributed by atoms with E-state index in [1.165, 1.54) is 6.42 Å². The van der Waals surface area contributed by atoms with Gasteiger partial charge in [0.1, 0.15) is 0 Å². The van der Waals surface area contributed by atoms with Crippen molar-refractivity contribution in [2.75, 3.05) is 6.61 Å². The van der Waals surface area contributed by atoms with Gasteiger partial charge in [-0.05, 0) is 29.8 Å². The topological polar surface area (TPSA) is 46.2 Å². The average Bonchev–Trinajstić information content (AvgIpc) is 2.59. The molecular weight excluding hydrogens is 329 g/mol. The minimum Gasteiger partial charge on any atom is -0.394 e. The Morgan fingerprint density at radius 1 is 0.870 bits per heavy atom. The first-order valence-corrected chi connectivity index (χ1v) is 8.63. The van der Waals surface area contributed by atoms with Crippen LogP contribution in [0.25, 0.3) is 0 Å². The third-order valence-corrected chi connectivity index (χ3v) is 2.73. The summed E-state index contributed by atoms with van der Waals surface area (Å²) in [4.78, 5) is 0. The number of nitrogens with two attached hydrogens (primary N) is 1. The average molecular weight is 358 g/mol. The summed E-state index contributed by atoms with van der Waals surface area (Å²) in [6.07, 6.45) is 1.25. The zero-order valence-electron chi connectivity index (χ0n) is 14.5. The zero-order chi connectivity index (χ0) is 18.1. The quantitative estimate of drug-likeness (QED) is 0.680. The Hall–Kier alpha value is -1.06. The molecule has 3 N–H and O–H groups in total. The van der Waals surface area contributed by atoms with Crippen LogP contribution in [0.4, 0.5) is 0 Å². The molecule has 0 spiro atoms. The predicted molar refractivity (Wildman–Crippen MR) is 104 cm³/mol. The molecule has 2 nitrogen and oxygen atoms in total. The van der Waals surface area contributed by atoms with E-state index in [9.17, 15) is 0 Å². The second-order valence-electron chi connectivity index (χ2n) is 4.34. The van der Waals surface area contributed by atoms with E-state index in [0.29, 0.717) is 5.02 Å². The summed E-state index contributed by atoms with van der Waals surface area (Å²) in [6.45, 7) is 8.21. The molecule has 0 saturated heterocycles. The first kappa shape index (κ1) is 24.2. The van der Waals surface area contributed by atoms with Crippen molar-refractivity contribution in [1.82, 2.24) is 0 Å². The highest BCUT2D eigenvalue weighted by Gasteiger charge is 2.02. The van der Waals surface area contributed by atoms with Crippen molar-refractivity contribution in [2.45, 2.75) is 40.2 Å². The third-order valence-electron chi connectivity index (χ3n) is 2.23. The van der Waals surface area contributed by atoms with Gasteiger partial charge in [0.25, 0.3) is 0 Å². The molecule has 4 heteroatoms. The summed E-state index contributed by atoms with van der Waals surface area (Å²) >= 11 is 11.2. The largest absolute Gasteiger partial charge is 0.394 e. The number of benzene rings is 2. The molecule has 0 aromatic heterocycles. The van der Waals surface area contributed by atoms with Gasteiger partial charge in [-0.25, -0.2) is 0 Å². The Bertz CT molecular complexity index is 461. The van der Waals surface area contributed by atoms with Gasteiger partial charge in [0.2, 0.25) is 0 Å².